The molecule has 0 amide bonds. The molecule has 1 spiro atoms. The van der Waals surface area contributed by atoms with Crippen LogP contribution in [-0.2, 0) is 11.2 Å². The third kappa shape index (κ3) is 2.55. The topological polar surface area (TPSA) is 40.5 Å². The molecular weight excluding hydrogens is 310 g/mol. The lowest BCUT2D eigenvalue weighted by molar-refractivity contribution is -0.117. The van der Waals surface area contributed by atoms with Gasteiger partial charge in [0.05, 0.1) is 0 Å². The van der Waals surface area contributed by atoms with Crippen LogP contribution in [0.4, 0.5) is 0 Å². The van der Waals surface area contributed by atoms with Gasteiger partial charge in [-0.05, 0) is 87.7 Å². The van der Waals surface area contributed by atoms with E-state index in [1.807, 2.05) is 12.1 Å². The Morgan fingerprint density at radius 2 is 2.08 bits per heavy atom. The van der Waals surface area contributed by atoms with Crippen LogP contribution in [0.5, 0.6) is 5.75 Å². The van der Waals surface area contributed by atoms with Gasteiger partial charge in [0.1, 0.15) is 5.75 Å². The molecule has 25 heavy (non-hydrogen) atoms. The number of carbonyl (C=O) groups excluding carboxylic acids is 1. The van der Waals surface area contributed by atoms with Crippen LogP contribution >= 0.6 is 0 Å². The Bertz CT molecular complexity index is 750. The number of hydrogen-bond donors (Lipinski definition) is 1. The Morgan fingerprint density at radius 1 is 1.28 bits per heavy atom. The Kier molecular flexibility index (Phi) is 4.03. The zero-order valence-electron chi connectivity index (χ0n) is 15.6. The van der Waals surface area contributed by atoms with E-state index in [0.29, 0.717) is 17.6 Å². The first kappa shape index (κ1) is 16.8. The van der Waals surface area contributed by atoms with Crippen LogP contribution in [0.2, 0.25) is 0 Å². The van der Waals surface area contributed by atoms with E-state index in [9.17, 15) is 9.90 Å². The lowest BCUT2D eigenvalue weighted by Gasteiger charge is -2.36. The summed E-state index contributed by atoms with van der Waals surface area (Å²) in [5.41, 5.74) is 5.24. The largest absolute Gasteiger partial charge is 0.508 e. The lowest BCUT2D eigenvalue weighted by atomic mass is 9.66. The summed E-state index contributed by atoms with van der Waals surface area (Å²) in [4.78, 5) is 15.2. The molecule has 2 fully saturated rings. The summed E-state index contributed by atoms with van der Waals surface area (Å²) in [7, 11) is 2.24. The van der Waals surface area contributed by atoms with E-state index in [1.54, 1.807) is 6.07 Å². The summed E-state index contributed by atoms with van der Waals surface area (Å²) in [6.45, 7) is 5.56. The number of Topliss-reactive ketones (excluding diaryl/α,β-unsaturated/α-hetero) is 1. The zero-order valence-corrected chi connectivity index (χ0v) is 15.6. The van der Waals surface area contributed by atoms with Crippen molar-refractivity contribution in [3.8, 4) is 5.75 Å². The molecule has 1 N–H and O–H groups in total. The van der Waals surface area contributed by atoms with Crippen molar-refractivity contribution in [3.05, 3.63) is 40.5 Å². The number of carbonyl (C=O) groups is 1. The molecule has 1 aliphatic heterocycles. The molecule has 0 aromatic heterocycles. The maximum Gasteiger partial charge on any atom is 0.158 e. The van der Waals surface area contributed by atoms with Crippen LogP contribution in [0.3, 0.4) is 0 Å². The number of benzene rings is 1. The van der Waals surface area contributed by atoms with Crippen LogP contribution in [0.1, 0.15) is 50.2 Å². The molecule has 3 atom stereocenters. The number of rotatable bonds is 3. The highest BCUT2D eigenvalue weighted by Crippen LogP contribution is 2.60. The Labute approximate surface area is 150 Å². The van der Waals surface area contributed by atoms with E-state index in [2.05, 4.69) is 25.8 Å². The van der Waals surface area contributed by atoms with Gasteiger partial charge < -0.3 is 10.0 Å². The van der Waals surface area contributed by atoms with E-state index in [0.717, 1.165) is 55.7 Å². The number of phenolic OH excluding ortho intramolecular Hbond substituents is 1. The minimum Gasteiger partial charge on any atom is -0.508 e. The summed E-state index contributed by atoms with van der Waals surface area (Å²) in [6, 6.07) is 6.18. The molecule has 0 bridgehead atoms. The molecule has 1 saturated heterocycles. The predicted octanol–water partition coefficient (Wildman–Crippen LogP) is 4.02. The van der Waals surface area contributed by atoms with E-state index in [-0.39, 0.29) is 5.41 Å². The van der Waals surface area contributed by atoms with E-state index in [4.69, 9.17) is 0 Å². The smallest absolute Gasteiger partial charge is 0.158 e. The van der Waals surface area contributed by atoms with Crippen molar-refractivity contribution >= 4 is 5.78 Å². The second-order valence-electron chi connectivity index (χ2n) is 8.45. The standard InChI is InChI=1S/C22H29NO2/c1-14-4-6-17(24)12-16(14)5-7-18-20-9-8-19-15(2)23(3)13-22(19,20)11-10-21(18)25/h4,6,12,15,19,24H,5,7-11,13H2,1-3H3/t15-,19+,22-/m0/s1. The van der Waals surface area contributed by atoms with Crippen molar-refractivity contribution in [1.29, 1.82) is 0 Å². The molecule has 1 aromatic rings. The van der Waals surface area contributed by atoms with Crippen molar-refractivity contribution in [1.82, 2.24) is 4.90 Å². The van der Waals surface area contributed by atoms with E-state index in [1.165, 1.54) is 17.6 Å². The Hall–Kier alpha value is -1.61. The molecule has 3 heteroatoms. The minimum absolute atomic E-state index is 0.269. The van der Waals surface area contributed by atoms with E-state index < -0.39 is 0 Å². The highest BCUT2D eigenvalue weighted by molar-refractivity contribution is 5.97. The number of ketones is 1. The third-order valence-corrected chi connectivity index (χ3v) is 7.30. The summed E-state index contributed by atoms with van der Waals surface area (Å²) in [6.07, 6.45) is 5.79. The van der Waals surface area contributed by atoms with Crippen molar-refractivity contribution in [2.24, 2.45) is 11.3 Å². The molecule has 3 aliphatic rings. The number of hydrogen-bond acceptors (Lipinski definition) is 3. The number of nitrogens with zero attached hydrogens (tertiary/aromatic N) is 1. The molecule has 2 aliphatic carbocycles. The average Bonchev–Trinajstić information content (AvgIpc) is 3.05. The summed E-state index contributed by atoms with van der Waals surface area (Å²) >= 11 is 0. The average molecular weight is 339 g/mol. The van der Waals surface area contributed by atoms with Gasteiger partial charge in [-0.25, -0.2) is 0 Å². The third-order valence-electron chi connectivity index (χ3n) is 7.30. The molecule has 1 aromatic carbocycles. The molecule has 4 rings (SSSR count). The first-order valence-corrected chi connectivity index (χ1v) is 9.67. The summed E-state index contributed by atoms with van der Waals surface area (Å²) in [5, 5.41) is 9.77. The summed E-state index contributed by atoms with van der Waals surface area (Å²) < 4.78 is 0. The van der Waals surface area contributed by atoms with Gasteiger partial charge >= 0.3 is 0 Å². The first-order valence-electron chi connectivity index (χ1n) is 9.67. The number of aromatic hydroxyl groups is 1. The van der Waals surface area contributed by atoms with Crippen molar-refractivity contribution in [2.45, 2.75) is 58.4 Å². The Balaban J connectivity index is 1.65. The van der Waals surface area contributed by atoms with Gasteiger partial charge in [0.2, 0.25) is 0 Å². The quantitative estimate of drug-likeness (QED) is 0.904. The van der Waals surface area contributed by atoms with E-state index >= 15 is 0 Å². The van der Waals surface area contributed by atoms with Gasteiger partial charge in [-0.1, -0.05) is 11.6 Å². The molecule has 1 saturated carbocycles. The van der Waals surface area contributed by atoms with Gasteiger partial charge in [-0.2, -0.15) is 0 Å². The van der Waals surface area contributed by atoms with Crippen LogP contribution in [-0.4, -0.2) is 35.4 Å². The van der Waals surface area contributed by atoms with Gasteiger partial charge in [0.15, 0.2) is 5.78 Å². The molecule has 1 heterocycles. The highest BCUT2D eigenvalue weighted by Gasteiger charge is 2.57. The normalized spacial score (nSPS) is 32.2. The molecule has 0 radical (unpaired) electrons. The van der Waals surface area contributed by atoms with Crippen LogP contribution in [0.25, 0.3) is 0 Å². The van der Waals surface area contributed by atoms with Gasteiger partial charge in [-0.15, -0.1) is 0 Å². The number of phenols is 1. The van der Waals surface area contributed by atoms with Crippen LogP contribution < -0.4 is 0 Å². The molecule has 3 nitrogen and oxygen atoms in total. The monoisotopic (exact) mass is 339 g/mol. The number of allylic oxidation sites excluding steroid dienone is 1. The highest BCUT2D eigenvalue weighted by atomic mass is 16.3. The fraction of sp³-hybridized carbons (Fsp3) is 0.591. The second-order valence-corrected chi connectivity index (χ2v) is 8.45. The van der Waals surface area contributed by atoms with Crippen molar-refractivity contribution in [3.63, 3.8) is 0 Å². The Morgan fingerprint density at radius 3 is 2.88 bits per heavy atom. The van der Waals surface area contributed by atoms with Gasteiger partial charge in [0, 0.05) is 24.4 Å². The molecule has 0 unspecified atom stereocenters. The minimum atomic E-state index is 0.269. The van der Waals surface area contributed by atoms with Crippen LogP contribution in [0.15, 0.2) is 29.3 Å². The maximum atomic E-state index is 12.7. The fourth-order valence-corrected chi connectivity index (χ4v) is 5.86. The predicted molar refractivity (Wildman–Crippen MR) is 99.7 cm³/mol. The van der Waals surface area contributed by atoms with Gasteiger partial charge in [-0.3, -0.25) is 4.79 Å². The van der Waals surface area contributed by atoms with Crippen LogP contribution in [0, 0.1) is 18.3 Å². The number of aryl methyl sites for hydroxylation is 2. The SMILES string of the molecule is Cc1ccc(O)cc1CCC1=C2CC[C@@H]3[C@H](C)N(C)C[C@]23CCC1=O. The van der Waals surface area contributed by atoms with Gasteiger partial charge in [0.25, 0.3) is 0 Å². The number of likely N-dealkylation sites (tertiary alicyclic amines) is 1. The molecule has 134 valence electrons. The molecular formula is C22H29NO2. The zero-order chi connectivity index (χ0) is 17.8. The second kappa shape index (κ2) is 5.98. The lowest BCUT2D eigenvalue weighted by Crippen LogP contribution is -2.34. The maximum absolute atomic E-state index is 12.7. The van der Waals surface area contributed by atoms with Crippen molar-refractivity contribution < 1.29 is 9.90 Å². The summed E-state index contributed by atoms with van der Waals surface area (Å²) in [5.74, 6) is 1.41. The first-order chi connectivity index (χ1) is 11.9. The fourth-order valence-electron chi connectivity index (χ4n) is 5.86. The van der Waals surface area contributed by atoms with Crippen molar-refractivity contribution in [2.75, 3.05) is 13.6 Å².